The van der Waals surface area contributed by atoms with Gasteiger partial charge in [0.2, 0.25) is 15.9 Å². The predicted molar refractivity (Wildman–Crippen MR) is 141 cm³/mol. The van der Waals surface area contributed by atoms with Gasteiger partial charge in [0.25, 0.3) is 11.6 Å². The predicted octanol–water partition coefficient (Wildman–Crippen LogP) is 3.99. The Morgan fingerprint density at radius 2 is 1.84 bits per heavy atom. The summed E-state index contributed by atoms with van der Waals surface area (Å²) in [4.78, 5) is 23.1. The molecule has 0 radical (unpaired) electrons. The first-order chi connectivity index (χ1) is 17.7. The molecule has 0 saturated heterocycles. The number of ether oxygens (including phenoxy) is 2. The highest BCUT2D eigenvalue weighted by atomic mass is 35.5. The number of amides is 1. The van der Waals surface area contributed by atoms with E-state index in [1.807, 2.05) is 0 Å². The second-order valence-corrected chi connectivity index (χ2v) is 11.3. The van der Waals surface area contributed by atoms with Gasteiger partial charge in [-0.05, 0) is 58.0 Å². The van der Waals surface area contributed by atoms with E-state index in [-0.39, 0.29) is 30.5 Å². The summed E-state index contributed by atoms with van der Waals surface area (Å²) in [6.45, 7) is 7.02. The molecule has 3 aromatic rings. The van der Waals surface area contributed by atoms with E-state index in [1.165, 1.54) is 17.9 Å². The Bertz CT molecular complexity index is 1450. The molecule has 2 N–H and O–H groups in total. The molecule has 38 heavy (non-hydrogen) atoms. The van der Waals surface area contributed by atoms with Crippen LogP contribution in [0.2, 0.25) is 5.02 Å². The molecule has 204 valence electrons. The van der Waals surface area contributed by atoms with Crippen LogP contribution in [0.15, 0.2) is 47.4 Å². The molecule has 0 aliphatic heterocycles. The Balaban J connectivity index is 2.18. The monoisotopic (exact) mass is 565 g/mol. The van der Waals surface area contributed by atoms with Crippen molar-refractivity contribution in [1.29, 1.82) is 0 Å². The molecule has 14 heteroatoms. The molecule has 0 saturated carbocycles. The average molecular weight is 566 g/mol. The van der Waals surface area contributed by atoms with Gasteiger partial charge >= 0.3 is 0 Å². The van der Waals surface area contributed by atoms with E-state index in [2.05, 4.69) is 15.1 Å². The van der Waals surface area contributed by atoms with Crippen molar-refractivity contribution in [3.63, 3.8) is 0 Å². The van der Waals surface area contributed by atoms with Crippen molar-refractivity contribution < 1.29 is 27.6 Å². The van der Waals surface area contributed by atoms with Crippen LogP contribution in [0.25, 0.3) is 5.69 Å². The van der Waals surface area contributed by atoms with Gasteiger partial charge in [0.05, 0.1) is 17.2 Å². The Labute approximate surface area is 225 Å². The first-order valence-corrected chi connectivity index (χ1v) is 13.2. The summed E-state index contributed by atoms with van der Waals surface area (Å²) in [6, 6.07) is 9.75. The van der Waals surface area contributed by atoms with Gasteiger partial charge in [-0.15, -0.1) is 0 Å². The maximum atomic E-state index is 13.2. The summed E-state index contributed by atoms with van der Waals surface area (Å²) < 4.78 is 41.3. The van der Waals surface area contributed by atoms with Crippen molar-refractivity contribution >= 4 is 33.2 Å². The third-order valence-corrected chi connectivity index (χ3v) is 7.05. The lowest BCUT2D eigenvalue weighted by Crippen LogP contribution is -2.40. The largest absolute Gasteiger partial charge is 0.437 e. The fourth-order valence-corrected chi connectivity index (χ4v) is 5.08. The molecule has 0 unspecified atom stereocenters. The van der Waals surface area contributed by atoms with Gasteiger partial charge in [0.15, 0.2) is 5.69 Å². The summed E-state index contributed by atoms with van der Waals surface area (Å²) in [6.07, 6.45) is 0. The van der Waals surface area contributed by atoms with Gasteiger partial charge in [-0.25, -0.2) is 13.1 Å². The van der Waals surface area contributed by atoms with Crippen LogP contribution in [-0.4, -0.2) is 54.8 Å². The van der Waals surface area contributed by atoms with E-state index in [0.717, 1.165) is 12.1 Å². The van der Waals surface area contributed by atoms with Crippen LogP contribution < -0.4 is 14.8 Å². The van der Waals surface area contributed by atoms with Gasteiger partial charge in [-0.3, -0.25) is 14.9 Å². The molecule has 12 nitrogen and oxygen atoms in total. The van der Waals surface area contributed by atoms with Crippen LogP contribution in [0.3, 0.4) is 0 Å². The number of benzene rings is 2. The van der Waals surface area contributed by atoms with Crippen LogP contribution in [-0.2, 0) is 14.8 Å². The average Bonchev–Trinajstić information content (AvgIpc) is 3.14. The topological polar surface area (TPSA) is 155 Å². The van der Waals surface area contributed by atoms with Gasteiger partial charge in [-0.1, -0.05) is 11.6 Å². The molecule has 1 aromatic heterocycles. The third kappa shape index (κ3) is 6.86. The van der Waals surface area contributed by atoms with E-state index in [1.54, 1.807) is 52.0 Å². The number of nitrogens with zero attached hydrogens (tertiary/aromatic N) is 3. The number of aromatic nitrogens is 2. The summed E-state index contributed by atoms with van der Waals surface area (Å²) in [5, 5.41) is 19.0. The van der Waals surface area contributed by atoms with Crippen molar-refractivity contribution in [3.05, 3.63) is 68.9 Å². The minimum atomic E-state index is -4.26. The second kappa shape index (κ2) is 11.5. The first kappa shape index (κ1) is 29.0. The normalized spacial score (nSPS) is 11.8. The molecule has 0 atom stereocenters. The van der Waals surface area contributed by atoms with Gasteiger partial charge in [-0.2, -0.15) is 9.78 Å². The van der Waals surface area contributed by atoms with Crippen molar-refractivity contribution in [3.8, 4) is 17.3 Å². The van der Waals surface area contributed by atoms with E-state index in [0.29, 0.717) is 16.3 Å². The number of hydrogen-bond donors (Lipinski definition) is 2. The molecular weight excluding hydrogens is 538 g/mol. The van der Waals surface area contributed by atoms with Crippen molar-refractivity contribution in [1.82, 2.24) is 19.8 Å². The zero-order valence-electron chi connectivity index (χ0n) is 21.4. The molecule has 1 amide bonds. The fraction of sp³-hybridized carbons (Fsp3) is 0.333. The standard InChI is InChI=1S/C24H28ClN5O7S/c1-15-21(22(31)26-12-13-36-5)27-29(17-8-6-16(25)7-9-17)23(15)37-19-11-10-18(30(32)33)14-20(19)38(34,35)28-24(2,3)4/h6-11,14,28H,12-13H2,1-5H3,(H,26,31). The molecule has 0 aliphatic carbocycles. The van der Waals surface area contributed by atoms with Crippen molar-refractivity contribution in [2.24, 2.45) is 0 Å². The number of nitro groups is 1. The maximum Gasteiger partial charge on any atom is 0.272 e. The van der Waals surface area contributed by atoms with Crippen LogP contribution in [0.5, 0.6) is 11.6 Å². The highest BCUT2D eigenvalue weighted by Crippen LogP contribution is 2.36. The Hall–Kier alpha value is -3.52. The zero-order valence-corrected chi connectivity index (χ0v) is 23.0. The molecule has 0 fully saturated rings. The third-order valence-electron chi connectivity index (χ3n) is 5.02. The van der Waals surface area contributed by atoms with E-state index in [9.17, 15) is 23.3 Å². The SMILES string of the molecule is COCCNC(=O)c1nn(-c2ccc(Cl)cc2)c(Oc2ccc([N+](=O)[O-])cc2S(=O)(=O)NC(C)(C)C)c1C. The van der Waals surface area contributed by atoms with Gasteiger partial charge in [0.1, 0.15) is 10.6 Å². The molecule has 2 aromatic carbocycles. The van der Waals surface area contributed by atoms with Gasteiger partial charge < -0.3 is 14.8 Å². The lowest BCUT2D eigenvalue weighted by molar-refractivity contribution is -0.385. The number of nitro benzene ring substituents is 1. The number of sulfonamides is 1. The number of rotatable bonds is 10. The second-order valence-electron chi connectivity index (χ2n) is 9.26. The number of nitrogens with one attached hydrogen (secondary N) is 2. The van der Waals surface area contributed by atoms with E-state index in [4.69, 9.17) is 21.1 Å². The van der Waals surface area contributed by atoms with Crippen LogP contribution >= 0.6 is 11.6 Å². The summed E-state index contributed by atoms with van der Waals surface area (Å²) in [7, 11) is -2.76. The summed E-state index contributed by atoms with van der Waals surface area (Å²) in [5.41, 5.74) is -0.504. The number of carbonyl (C=O) groups is 1. The molecule has 0 spiro atoms. The minimum absolute atomic E-state index is 0.0326. The van der Waals surface area contributed by atoms with Gasteiger partial charge in [0, 0.05) is 41.9 Å². The smallest absolute Gasteiger partial charge is 0.272 e. The number of methoxy groups -OCH3 is 1. The molecule has 0 aliphatic rings. The van der Waals surface area contributed by atoms with Crippen molar-refractivity contribution in [2.45, 2.75) is 38.1 Å². The van der Waals surface area contributed by atoms with Crippen LogP contribution in [0, 0.1) is 17.0 Å². The maximum absolute atomic E-state index is 13.2. The minimum Gasteiger partial charge on any atom is -0.437 e. The van der Waals surface area contributed by atoms with E-state index >= 15 is 0 Å². The lowest BCUT2D eigenvalue weighted by Gasteiger charge is -2.21. The fourth-order valence-electron chi connectivity index (χ4n) is 3.39. The Kier molecular flexibility index (Phi) is 8.77. The van der Waals surface area contributed by atoms with Crippen LogP contribution in [0.1, 0.15) is 36.8 Å². The summed E-state index contributed by atoms with van der Waals surface area (Å²) >= 11 is 6.03. The summed E-state index contributed by atoms with van der Waals surface area (Å²) in [5.74, 6) is -0.662. The Morgan fingerprint density at radius 3 is 2.42 bits per heavy atom. The molecular formula is C24H28ClN5O7S. The molecule has 1 heterocycles. The lowest BCUT2D eigenvalue weighted by atomic mass is 10.1. The highest BCUT2D eigenvalue weighted by molar-refractivity contribution is 7.89. The molecule has 3 rings (SSSR count). The van der Waals surface area contributed by atoms with Crippen molar-refractivity contribution in [2.75, 3.05) is 20.3 Å². The Morgan fingerprint density at radius 1 is 1.18 bits per heavy atom. The number of halogens is 1. The number of non-ortho nitro benzene ring substituents is 1. The highest BCUT2D eigenvalue weighted by Gasteiger charge is 2.30. The zero-order chi connectivity index (χ0) is 28.3. The molecule has 0 bridgehead atoms. The number of hydrogen-bond acceptors (Lipinski definition) is 8. The van der Waals surface area contributed by atoms with Crippen LogP contribution in [0.4, 0.5) is 5.69 Å². The first-order valence-electron chi connectivity index (χ1n) is 11.4. The number of carbonyl (C=O) groups excluding carboxylic acids is 1. The van der Waals surface area contributed by atoms with E-state index < -0.39 is 37.0 Å². The quantitative estimate of drug-likeness (QED) is 0.212.